The molecule has 0 fully saturated rings. The van der Waals surface area contributed by atoms with Crippen LogP contribution in [0.2, 0.25) is 10.0 Å². The zero-order valence-electron chi connectivity index (χ0n) is 17.5. The lowest BCUT2D eigenvalue weighted by Crippen LogP contribution is -2.24. The third-order valence-electron chi connectivity index (χ3n) is 4.61. The number of amides is 2. The highest BCUT2D eigenvalue weighted by Gasteiger charge is 2.15. The summed E-state index contributed by atoms with van der Waals surface area (Å²) in [5.41, 5.74) is 3.16. The predicted octanol–water partition coefficient (Wildman–Crippen LogP) is 5.16. The van der Waals surface area contributed by atoms with E-state index in [0.717, 1.165) is 21.3 Å². The van der Waals surface area contributed by atoms with Gasteiger partial charge in [-0.1, -0.05) is 50.9 Å². The number of nitrogens with one attached hydrogen (secondary N) is 2. The summed E-state index contributed by atoms with van der Waals surface area (Å²) in [7, 11) is 1.78. The van der Waals surface area contributed by atoms with Crippen molar-refractivity contribution >= 4 is 68.4 Å². The summed E-state index contributed by atoms with van der Waals surface area (Å²) in [5.74, 6) is 0.290. The Hall–Kier alpha value is -2.07. The second kappa shape index (κ2) is 10.7. The smallest absolute Gasteiger partial charge is 0.251 e. The molecule has 1 aromatic heterocycles. The molecule has 0 saturated heterocycles. The molecule has 3 aromatic rings. The fraction of sp³-hybridized carbons (Fsp3) is 0.238. The van der Waals surface area contributed by atoms with E-state index in [1.807, 2.05) is 26.0 Å². The van der Waals surface area contributed by atoms with Crippen LogP contribution < -0.4 is 10.6 Å². The minimum absolute atomic E-state index is 0.138. The molecule has 0 saturated carbocycles. The van der Waals surface area contributed by atoms with Crippen molar-refractivity contribution in [3.63, 3.8) is 0 Å². The molecule has 0 aliphatic rings. The van der Waals surface area contributed by atoms with Gasteiger partial charge in [-0.15, -0.1) is 10.2 Å². The van der Waals surface area contributed by atoms with Crippen LogP contribution in [0.5, 0.6) is 0 Å². The van der Waals surface area contributed by atoms with E-state index < -0.39 is 0 Å². The molecule has 0 radical (unpaired) electrons. The van der Waals surface area contributed by atoms with Crippen LogP contribution in [0.1, 0.15) is 27.3 Å². The SMILES string of the molecule is Cc1cc(Br)cc(C)c1NC(=O)CSc1nnc(CNC(=O)c2ccc(Cl)c(Cl)c2)n1C. The molecular formula is C21H20BrCl2N5O2S. The normalized spacial score (nSPS) is 10.8. The Morgan fingerprint density at radius 3 is 2.44 bits per heavy atom. The van der Waals surface area contributed by atoms with E-state index in [0.29, 0.717) is 26.6 Å². The van der Waals surface area contributed by atoms with Crippen molar-refractivity contribution in [2.24, 2.45) is 7.05 Å². The number of anilines is 1. The number of aryl methyl sites for hydroxylation is 2. The highest BCUT2D eigenvalue weighted by atomic mass is 79.9. The number of hydrogen-bond acceptors (Lipinski definition) is 5. The molecule has 0 atom stereocenters. The van der Waals surface area contributed by atoms with Gasteiger partial charge >= 0.3 is 0 Å². The van der Waals surface area contributed by atoms with Gasteiger partial charge in [0.1, 0.15) is 0 Å². The standard InChI is InChI=1S/C21H20BrCl2N5O2S/c1-11-6-14(22)7-12(2)19(11)26-18(30)10-32-21-28-27-17(29(21)3)9-25-20(31)13-4-5-15(23)16(24)8-13/h4-8H,9-10H2,1-3H3,(H,25,31)(H,26,30). The Kier molecular flexibility index (Phi) is 8.21. The van der Waals surface area contributed by atoms with Crippen molar-refractivity contribution in [3.8, 4) is 0 Å². The maximum Gasteiger partial charge on any atom is 0.251 e. The Morgan fingerprint density at radius 1 is 1.09 bits per heavy atom. The van der Waals surface area contributed by atoms with Gasteiger partial charge in [0.2, 0.25) is 5.91 Å². The van der Waals surface area contributed by atoms with Crippen LogP contribution in [0.25, 0.3) is 0 Å². The quantitative estimate of drug-likeness (QED) is 0.392. The summed E-state index contributed by atoms with van der Waals surface area (Å²) < 4.78 is 2.71. The molecule has 0 spiro atoms. The molecule has 2 amide bonds. The maximum atomic E-state index is 12.4. The van der Waals surface area contributed by atoms with Crippen molar-refractivity contribution < 1.29 is 9.59 Å². The summed E-state index contributed by atoms with van der Waals surface area (Å²) in [6.07, 6.45) is 0. The monoisotopic (exact) mass is 555 g/mol. The van der Waals surface area contributed by atoms with Crippen LogP contribution in [0.15, 0.2) is 40.0 Å². The molecule has 1 heterocycles. The molecule has 11 heteroatoms. The Bertz CT molecular complexity index is 1160. The molecule has 0 aliphatic carbocycles. The number of nitrogens with zero attached hydrogens (tertiary/aromatic N) is 3. The number of hydrogen-bond donors (Lipinski definition) is 2. The van der Waals surface area contributed by atoms with E-state index in [4.69, 9.17) is 23.2 Å². The molecule has 0 unspecified atom stereocenters. The zero-order chi connectivity index (χ0) is 23.4. The number of halogens is 3. The topological polar surface area (TPSA) is 88.9 Å². The molecular weight excluding hydrogens is 537 g/mol. The second-order valence-corrected chi connectivity index (χ2v) is 9.69. The summed E-state index contributed by atoms with van der Waals surface area (Å²) in [6, 6.07) is 8.58. The van der Waals surface area contributed by atoms with Gasteiger partial charge in [-0.2, -0.15) is 0 Å². The van der Waals surface area contributed by atoms with Gasteiger partial charge in [-0.05, 0) is 55.3 Å². The highest BCUT2D eigenvalue weighted by molar-refractivity contribution is 9.10. The molecule has 0 bridgehead atoms. The first-order valence-electron chi connectivity index (χ1n) is 9.46. The third kappa shape index (κ3) is 6.04. The number of carbonyl (C=O) groups excluding carboxylic acids is 2. The van der Waals surface area contributed by atoms with Gasteiger partial charge in [0.25, 0.3) is 5.91 Å². The predicted molar refractivity (Wildman–Crippen MR) is 132 cm³/mol. The van der Waals surface area contributed by atoms with Crippen molar-refractivity contribution in [2.45, 2.75) is 25.5 Å². The van der Waals surface area contributed by atoms with Gasteiger partial charge in [0, 0.05) is 22.8 Å². The minimum atomic E-state index is -0.305. The summed E-state index contributed by atoms with van der Waals surface area (Å²) in [5, 5.41) is 15.2. The Balaban J connectivity index is 1.56. The number of rotatable bonds is 7. The molecule has 32 heavy (non-hydrogen) atoms. The minimum Gasteiger partial charge on any atom is -0.345 e. The first-order chi connectivity index (χ1) is 15.2. The molecule has 2 aromatic carbocycles. The lowest BCUT2D eigenvalue weighted by molar-refractivity contribution is -0.113. The van der Waals surface area contributed by atoms with Gasteiger partial charge in [-0.25, -0.2) is 0 Å². The number of thioether (sulfide) groups is 1. The molecule has 7 nitrogen and oxygen atoms in total. The van der Waals surface area contributed by atoms with Crippen LogP contribution >= 0.6 is 50.9 Å². The lowest BCUT2D eigenvalue weighted by Gasteiger charge is -2.12. The first-order valence-corrected chi connectivity index (χ1v) is 12.0. The average molecular weight is 557 g/mol. The molecule has 3 rings (SSSR count). The Morgan fingerprint density at radius 2 is 1.78 bits per heavy atom. The number of benzene rings is 2. The largest absolute Gasteiger partial charge is 0.345 e. The second-order valence-electron chi connectivity index (χ2n) is 7.02. The van der Waals surface area contributed by atoms with E-state index in [1.165, 1.54) is 17.8 Å². The van der Waals surface area contributed by atoms with Gasteiger partial charge in [0.15, 0.2) is 11.0 Å². The summed E-state index contributed by atoms with van der Waals surface area (Å²) in [4.78, 5) is 24.8. The average Bonchev–Trinajstić information content (AvgIpc) is 3.08. The molecule has 168 valence electrons. The van der Waals surface area contributed by atoms with Crippen LogP contribution in [0, 0.1) is 13.8 Å². The van der Waals surface area contributed by atoms with Crippen LogP contribution in [-0.4, -0.2) is 32.3 Å². The van der Waals surface area contributed by atoms with Crippen LogP contribution in [0.3, 0.4) is 0 Å². The number of aromatic nitrogens is 3. The Labute approximate surface area is 208 Å². The fourth-order valence-corrected chi connectivity index (χ4v) is 4.65. The van der Waals surface area contributed by atoms with Crippen molar-refractivity contribution in [1.29, 1.82) is 0 Å². The molecule has 0 aliphatic heterocycles. The van der Waals surface area contributed by atoms with Gasteiger partial charge in [-0.3, -0.25) is 9.59 Å². The zero-order valence-corrected chi connectivity index (χ0v) is 21.4. The van der Waals surface area contributed by atoms with Gasteiger partial charge < -0.3 is 15.2 Å². The van der Waals surface area contributed by atoms with E-state index in [9.17, 15) is 9.59 Å². The van der Waals surface area contributed by atoms with E-state index in [1.54, 1.807) is 23.7 Å². The summed E-state index contributed by atoms with van der Waals surface area (Å²) >= 11 is 16.6. The fourth-order valence-electron chi connectivity index (χ4n) is 2.94. The maximum absolute atomic E-state index is 12.4. The third-order valence-corrected chi connectivity index (χ3v) is 6.83. The van der Waals surface area contributed by atoms with E-state index >= 15 is 0 Å². The highest BCUT2D eigenvalue weighted by Crippen LogP contribution is 2.26. The van der Waals surface area contributed by atoms with Gasteiger partial charge in [0.05, 0.1) is 22.3 Å². The van der Waals surface area contributed by atoms with Crippen molar-refractivity contribution in [1.82, 2.24) is 20.1 Å². The first kappa shape index (κ1) is 24.6. The summed E-state index contributed by atoms with van der Waals surface area (Å²) in [6.45, 7) is 4.07. The van der Waals surface area contributed by atoms with Crippen molar-refractivity contribution in [2.75, 3.05) is 11.1 Å². The van der Waals surface area contributed by atoms with Crippen LogP contribution in [-0.2, 0) is 18.4 Å². The lowest BCUT2D eigenvalue weighted by atomic mass is 10.1. The van der Waals surface area contributed by atoms with Crippen molar-refractivity contribution in [3.05, 3.63) is 67.4 Å². The van der Waals surface area contributed by atoms with E-state index in [2.05, 4.69) is 36.8 Å². The van der Waals surface area contributed by atoms with Crippen LogP contribution in [0.4, 0.5) is 5.69 Å². The molecule has 2 N–H and O–H groups in total. The van der Waals surface area contributed by atoms with E-state index in [-0.39, 0.29) is 24.1 Å². The number of carbonyl (C=O) groups is 2.